The largest absolute Gasteiger partial charge is 0.392 e. The van der Waals surface area contributed by atoms with Gasteiger partial charge in [0.2, 0.25) is 10.0 Å². The predicted octanol–water partition coefficient (Wildman–Crippen LogP) is 3.05. The molecular weight excluding hydrogens is 353 g/mol. The average Bonchev–Trinajstić information content (AvgIpc) is 2.37. The van der Waals surface area contributed by atoms with Gasteiger partial charge in [0.05, 0.1) is 11.6 Å². The lowest BCUT2D eigenvalue weighted by Gasteiger charge is -2.40. The predicted molar refractivity (Wildman–Crippen MR) is 87.7 cm³/mol. The second-order valence-electron chi connectivity index (χ2n) is 5.10. The van der Waals surface area contributed by atoms with Crippen LogP contribution < -0.4 is 4.72 Å². The van der Waals surface area contributed by atoms with Gasteiger partial charge in [0.15, 0.2) is 0 Å². The molecule has 0 aliphatic heterocycles. The third kappa shape index (κ3) is 3.68. The summed E-state index contributed by atoms with van der Waals surface area (Å²) in [6.07, 6.45) is 5.13. The van der Waals surface area contributed by atoms with Gasteiger partial charge in [-0.25, -0.2) is 13.1 Å². The van der Waals surface area contributed by atoms with Crippen LogP contribution in [0.5, 0.6) is 0 Å². The van der Waals surface area contributed by atoms with Crippen molar-refractivity contribution < 1.29 is 13.5 Å². The van der Waals surface area contributed by atoms with Crippen LogP contribution in [0.3, 0.4) is 0 Å². The van der Waals surface area contributed by atoms with Gasteiger partial charge in [0.25, 0.3) is 0 Å². The molecule has 0 saturated heterocycles. The van der Waals surface area contributed by atoms with Gasteiger partial charge in [-0.3, -0.25) is 0 Å². The van der Waals surface area contributed by atoms with Crippen LogP contribution in [0.15, 0.2) is 17.0 Å². The molecule has 0 aromatic heterocycles. The van der Waals surface area contributed by atoms with E-state index in [-0.39, 0.29) is 26.3 Å². The van der Waals surface area contributed by atoms with Crippen LogP contribution in [0.1, 0.15) is 24.8 Å². The molecule has 4 nitrogen and oxygen atoms in total. The van der Waals surface area contributed by atoms with Crippen LogP contribution in [-0.2, 0) is 16.6 Å². The molecule has 0 radical (unpaired) electrons. The Balaban J connectivity index is 2.23. The maximum atomic E-state index is 12.4. The fourth-order valence-electron chi connectivity index (χ4n) is 2.23. The maximum absolute atomic E-state index is 12.4. The van der Waals surface area contributed by atoms with Crippen LogP contribution in [0.2, 0.25) is 10.0 Å². The van der Waals surface area contributed by atoms with Gasteiger partial charge in [0.1, 0.15) is 4.90 Å². The first-order valence-electron chi connectivity index (χ1n) is 6.47. The monoisotopic (exact) mass is 369 g/mol. The third-order valence-corrected chi connectivity index (χ3v) is 7.48. The average molecular weight is 370 g/mol. The number of rotatable bonds is 6. The SMILES string of the molecule is CSC1(CNS(=O)(=O)c2cc(CO)c(Cl)cc2Cl)CCC1. The van der Waals surface area contributed by atoms with Crippen LogP contribution >= 0.6 is 35.0 Å². The first-order chi connectivity index (χ1) is 9.83. The highest BCUT2D eigenvalue weighted by molar-refractivity contribution is 8.00. The van der Waals surface area contributed by atoms with E-state index in [1.807, 2.05) is 6.26 Å². The van der Waals surface area contributed by atoms with E-state index in [1.165, 1.54) is 12.1 Å². The lowest BCUT2D eigenvalue weighted by atomic mass is 9.84. The highest BCUT2D eigenvalue weighted by Crippen LogP contribution is 2.42. The van der Waals surface area contributed by atoms with E-state index in [4.69, 9.17) is 23.2 Å². The van der Waals surface area contributed by atoms with Crippen LogP contribution in [0.4, 0.5) is 0 Å². The van der Waals surface area contributed by atoms with E-state index in [0.29, 0.717) is 12.1 Å². The minimum absolute atomic E-state index is 0.00815. The van der Waals surface area contributed by atoms with E-state index in [2.05, 4.69) is 4.72 Å². The first kappa shape index (κ1) is 17.4. The molecule has 0 spiro atoms. The van der Waals surface area contributed by atoms with Gasteiger partial charge in [0, 0.05) is 16.3 Å². The van der Waals surface area contributed by atoms with Gasteiger partial charge in [-0.15, -0.1) is 0 Å². The van der Waals surface area contributed by atoms with Crippen molar-refractivity contribution in [1.82, 2.24) is 4.72 Å². The quantitative estimate of drug-likeness (QED) is 0.808. The zero-order valence-corrected chi connectivity index (χ0v) is 14.7. The highest BCUT2D eigenvalue weighted by Gasteiger charge is 2.37. The van der Waals surface area contributed by atoms with Gasteiger partial charge in [-0.05, 0) is 36.8 Å². The Morgan fingerprint density at radius 3 is 2.48 bits per heavy atom. The molecule has 0 bridgehead atoms. The Hall–Kier alpha value is 0.0200. The molecule has 118 valence electrons. The number of hydrogen-bond acceptors (Lipinski definition) is 4. The summed E-state index contributed by atoms with van der Waals surface area (Å²) in [6, 6.07) is 2.66. The normalized spacial score (nSPS) is 17.5. The molecule has 0 heterocycles. The number of halogens is 2. The molecule has 0 atom stereocenters. The Labute approximate surface area is 139 Å². The Kier molecular flexibility index (Phi) is 5.50. The molecule has 2 rings (SSSR count). The van der Waals surface area contributed by atoms with Crippen molar-refractivity contribution in [2.45, 2.75) is 35.5 Å². The molecular formula is C13H17Cl2NO3S2. The van der Waals surface area contributed by atoms with Crippen molar-refractivity contribution in [2.75, 3.05) is 12.8 Å². The fraction of sp³-hybridized carbons (Fsp3) is 0.538. The molecule has 2 N–H and O–H groups in total. The highest BCUT2D eigenvalue weighted by atomic mass is 35.5. The lowest BCUT2D eigenvalue weighted by molar-refractivity contribution is 0.281. The molecule has 8 heteroatoms. The molecule has 0 unspecified atom stereocenters. The molecule has 1 saturated carbocycles. The molecule has 1 aliphatic carbocycles. The van der Waals surface area contributed by atoms with Crippen LogP contribution in [0, 0.1) is 0 Å². The van der Waals surface area contributed by atoms with Crippen molar-refractivity contribution in [1.29, 1.82) is 0 Å². The molecule has 1 aliphatic rings. The van der Waals surface area contributed by atoms with E-state index in [9.17, 15) is 13.5 Å². The zero-order valence-electron chi connectivity index (χ0n) is 11.5. The summed E-state index contributed by atoms with van der Waals surface area (Å²) in [5.74, 6) is 0. The summed E-state index contributed by atoms with van der Waals surface area (Å²) >= 11 is 13.6. The van der Waals surface area contributed by atoms with Crippen molar-refractivity contribution in [3.05, 3.63) is 27.7 Å². The van der Waals surface area contributed by atoms with E-state index < -0.39 is 10.0 Å². The molecule has 1 aromatic rings. The number of nitrogens with one attached hydrogen (secondary N) is 1. The van der Waals surface area contributed by atoms with E-state index in [0.717, 1.165) is 19.3 Å². The second-order valence-corrected chi connectivity index (χ2v) is 8.92. The summed E-state index contributed by atoms with van der Waals surface area (Å²) in [6.45, 7) is 0.0389. The summed E-state index contributed by atoms with van der Waals surface area (Å²) < 4.78 is 27.4. The Bertz CT molecular complexity index is 625. The Morgan fingerprint density at radius 2 is 2.00 bits per heavy atom. The lowest BCUT2D eigenvalue weighted by Crippen LogP contribution is -2.45. The third-order valence-electron chi connectivity index (χ3n) is 3.84. The summed E-state index contributed by atoms with van der Waals surface area (Å²) in [5.41, 5.74) is 0.338. The Morgan fingerprint density at radius 1 is 1.33 bits per heavy atom. The van der Waals surface area contributed by atoms with Crippen LogP contribution in [0.25, 0.3) is 0 Å². The van der Waals surface area contributed by atoms with E-state index >= 15 is 0 Å². The molecule has 0 amide bonds. The van der Waals surface area contributed by atoms with Crippen LogP contribution in [-0.4, -0.2) is 31.1 Å². The summed E-state index contributed by atoms with van der Waals surface area (Å²) in [7, 11) is -3.72. The minimum atomic E-state index is -3.72. The number of aliphatic hydroxyl groups is 1. The van der Waals surface area contributed by atoms with Gasteiger partial charge < -0.3 is 5.11 Å². The maximum Gasteiger partial charge on any atom is 0.242 e. The van der Waals surface area contributed by atoms with E-state index in [1.54, 1.807) is 11.8 Å². The van der Waals surface area contributed by atoms with Gasteiger partial charge >= 0.3 is 0 Å². The fourth-order valence-corrected chi connectivity index (χ4v) is 5.21. The standard InChI is InChI=1S/C13H17Cl2NO3S2/c1-20-13(3-2-4-13)8-16-21(18,19)12-5-9(7-17)10(14)6-11(12)15/h5-6,16-17H,2-4,7-8H2,1H3. The summed E-state index contributed by atoms with van der Waals surface area (Å²) in [5, 5.41) is 9.50. The van der Waals surface area contributed by atoms with Crippen molar-refractivity contribution >= 4 is 45.0 Å². The second kappa shape index (κ2) is 6.64. The smallest absolute Gasteiger partial charge is 0.242 e. The van der Waals surface area contributed by atoms with Crippen molar-refractivity contribution in [3.8, 4) is 0 Å². The van der Waals surface area contributed by atoms with Crippen molar-refractivity contribution in [2.24, 2.45) is 0 Å². The minimum Gasteiger partial charge on any atom is -0.392 e. The molecule has 21 heavy (non-hydrogen) atoms. The topological polar surface area (TPSA) is 66.4 Å². The number of sulfonamides is 1. The van der Waals surface area contributed by atoms with Gasteiger partial charge in [-0.2, -0.15) is 11.8 Å². The molecule has 1 aromatic carbocycles. The summed E-state index contributed by atoms with van der Waals surface area (Å²) in [4.78, 5) is -0.0480. The molecule has 1 fully saturated rings. The number of aliphatic hydroxyl groups excluding tert-OH is 1. The number of thioether (sulfide) groups is 1. The number of benzene rings is 1. The zero-order chi connectivity index (χ0) is 15.7. The number of hydrogen-bond donors (Lipinski definition) is 2. The first-order valence-corrected chi connectivity index (χ1v) is 9.93. The van der Waals surface area contributed by atoms with Crippen molar-refractivity contribution in [3.63, 3.8) is 0 Å². The van der Waals surface area contributed by atoms with Gasteiger partial charge in [-0.1, -0.05) is 29.6 Å².